The average Bonchev–Trinajstić information content (AvgIpc) is 2.29. The molecule has 0 heterocycles. The van der Waals surface area contributed by atoms with Crippen LogP contribution in [-0.2, 0) is 0 Å². The van der Waals surface area contributed by atoms with Crippen LogP contribution in [0.3, 0.4) is 0 Å². The quantitative estimate of drug-likeness (QED) is 0.625. The first-order valence-electron chi connectivity index (χ1n) is 5.99. The molecule has 0 aliphatic heterocycles. The van der Waals surface area contributed by atoms with Crippen molar-refractivity contribution in [1.29, 1.82) is 0 Å². The van der Waals surface area contributed by atoms with Crippen molar-refractivity contribution < 1.29 is 9.84 Å². The van der Waals surface area contributed by atoms with Crippen molar-refractivity contribution in [2.75, 3.05) is 0 Å². The first kappa shape index (κ1) is 11.8. The second-order valence-electron chi connectivity index (χ2n) is 4.49. The second-order valence-corrected chi connectivity index (χ2v) is 4.49. The predicted molar refractivity (Wildman–Crippen MR) is 69.3 cm³/mol. The molecular weight excluding hydrogens is 212 g/mol. The van der Waals surface area contributed by atoms with Crippen LogP contribution >= 0.6 is 0 Å². The van der Waals surface area contributed by atoms with Gasteiger partial charge < -0.3 is 9.84 Å². The molecule has 1 aromatic carbocycles. The summed E-state index contributed by atoms with van der Waals surface area (Å²) < 4.78 is 5.38. The number of ether oxygens (including phenoxy) is 1. The molecule has 90 valence electrons. The van der Waals surface area contributed by atoms with Gasteiger partial charge in [-0.2, -0.15) is 0 Å². The Kier molecular flexibility index (Phi) is 3.52. The molecule has 0 bridgehead atoms. The Labute approximate surface area is 102 Å². The zero-order valence-corrected chi connectivity index (χ0v) is 10.1. The summed E-state index contributed by atoms with van der Waals surface area (Å²) in [5, 5.41) is 10.0. The molecule has 2 rings (SSSR count). The van der Waals surface area contributed by atoms with E-state index >= 15 is 0 Å². The molecular formula is C15H18O2. The smallest absolute Gasteiger partial charge is 0.133 e. The summed E-state index contributed by atoms with van der Waals surface area (Å²) in [6.45, 7) is 5.71. The summed E-state index contributed by atoms with van der Waals surface area (Å²) in [7, 11) is 0. The fourth-order valence-corrected chi connectivity index (χ4v) is 2.44. The lowest BCUT2D eigenvalue weighted by Crippen LogP contribution is -2.04. The molecule has 1 atom stereocenters. The van der Waals surface area contributed by atoms with Gasteiger partial charge in [-0.15, -0.1) is 0 Å². The highest BCUT2D eigenvalue weighted by molar-refractivity contribution is 5.48. The van der Waals surface area contributed by atoms with Crippen LogP contribution < -0.4 is 4.74 Å². The summed E-state index contributed by atoms with van der Waals surface area (Å²) in [5.74, 6) is 1.26. The maximum absolute atomic E-state index is 10.0. The van der Waals surface area contributed by atoms with Gasteiger partial charge >= 0.3 is 0 Å². The number of benzene rings is 1. The van der Waals surface area contributed by atoms with Crippen LogP contribution in [0.15, 0.2) is 42.7 Å². The van der Waals surface area contributed by atoms with Crippen LogP contribution in [0.4, 0.5) is 0 Å². The zero-order chi connectivity index (χ0) is 12.3. The van der Waals surface area contributed by atoms with Crippen LogP contribution in [0.25, 0.3) is 0 Å². The van der Waals surface area contributed by atoms with Gasteiger partial charge in [0.1, 0.15) is 11.5 Å². The first-order valence-corrected chi connectivity index (χ1v) is 5.99. The van der Waals surface area contributed by atoms with Gasteiger partial charge in [0.15, 0.2) is 0 Å². The average molecular weight is 230 g/mol. The summed E-state index contributed by atoms with van der Waals surface area (Å²) in [6.07, 6.45) is 7.01. The van der Waals surface area contributed by atoms with Crippen molar-refractivity contribution in [3.63, 3.8) is 0 Å². The molecule has 0 radical (unpaired) electrons. The molecule has 17 heavy (non-hydrogen) atoms. The molecule has 1 aliphatic carbocycles. The minimum atomic E-state index is 0.250. The third kappa shape index (κ3) is 2.52. The van der Waals surface area contributed by atoms with Gasteiger partial charge in [0, 0.05) is 11.5 Å². The number of phenols is 1. The van der Waals surface area contributed by atoms with Gasteiger partial charge in [-0.25, -0.2) is 0 Å². The highest BCUT2D eigenvalue weighted by Crippen LogP contribution is 2.40. The second kappa shape index (κ2) is 5.09. The lowest BCUT2D eigenvalue weighted by atomic mass is 9.85. The molecule has 1 aliphatic rings. The Morgan fingerprint density at radius 3 is 3.00 bits per heavy atom. The minimum absolute atomic E-state index is 0.250. The Hall–Kier alpha value is -1.70. The molecule has 0 aromatic heterocycles. The molecule has 0 unspecified atom stereocenters. The van der Waals surface area contributed by atoms with Gasteiger partial charge in [0.2, 0.25) is 0 Å². The van der Waals surface area contributed by atoms with Gasteiger partial charge in [-0.1, -0.05) is 24.3 Å². The van der Waals surface area contributed by atoms with Crippen LogP contribution in [-0.4, -0.2) is 5.11 Å². The van der Waals surface area contributed by atoms with E-state index in [4.69, 9.17) is 4.74 Å². The van der Waals surface area contributed by atoms with E-state index in [9.17, 15) is 5.11 Å². The number of hydrogen-bond acceptors (Lipinski definition) is 2. The van der Waals surface area contributed by atoms with Crippen molar-refractivity contribution in [1.82, 2.24) is 0 Å². The molecule has 0 saturated carbocycles. The standard InChI is InChI=1S/C15H18O2/c1-3-17-14-9-5-8-13(16)15(14)12-7-4-6-11(2)10-12/h3,5,8-10,12,16H,1,4,6-7H2,2H3/t12-/m0/s1. The Balaban J connectivity index is 2.42. The first-order chi connectivity index (χ1) is 8.22. The van der Waals surface area contributed by atoms with E-state index in [1.165, 1.54) is 11.8 Å². The van der Waals surface area contributed by atoms with Crippen molar-refractivity contribution >= 4 is 0 Å². The predicted octanol–water partition coefficient (Wildman–Crippen LogP) is 4.13. The van der Waals surface area contributed by atoms with E-state index in [1.54, 1.807) is 12.1 Å². The van der Waals surface area contributed by atoms with Crippen molar-refractivity contribution in [2.45, 2.75) is 32.1 Å². The monoisotopic (exact) mass is 230 g/mol. The lowest BCUT2D eigenvalue weighted by molar-refractivity contribution is 0.434. The summed E-state index contributed by atoms with van der Waals surface area (Å²) in [6, 6.07) is 5.37. The van der Waals surface area contributed by atoms with Crippen LogP contribution in [0.1, 0.15) is 37.7 Å². The third-order valence-electron chi connectivity index (χ3n) is 3.20. The summed E-state index contributed by atoms with van der Waals surface area (Å²) in [4.78, 5) is 0. The lowest BCUT2D eigenvalue weighted by Gasteiger charge is -2.22. The molecule has 2 heteroatoms. The Morgan fingerprint density at radius 2 is 2.29 bits per heavy atom. The van der Waals surface area contributed by atoms with E-state index in [0.29, 0.717) is 11.5 Å². The number of rotatable bonds is 3. The number of phenolic OH excluding ortho intramolecular Hbond substituents is 1. The number of aromatic hydroxyl groups is 1. The number of hydrogen-bond donors (Lipinski definition) is 1. The van der Waals surface area contributed by atoms with Gasteiger partial charge in [0.05, 0.1) is 6.26 Å². The highest BCUT2D eigenvalue weighted by Gasteiger charge is 2.20. The van der Waals surface area contributed by atoms with Gasteiger partial charge in [0.25, 0.3) is 0 Å². The summed E-state index contributed by atoms with van der Waals surface area (Å²) >= 11 is 0. The third-order valence-corrected chi connectivity index (χ3v) is 3.20. The van der Waals surface area contributed by atoms with E-state index in [0.717, 1.165) is 24.8 Å². The van der Waals surface area contributed by atoms with Crippen molar-refractivity contribution in [3.05, 3.63) is 48.3 Å². The minimum Gasteiger partial charge on any atom is -0.508 e. The van der Waals surface area contributed by atoms with Crippen LogP contribution in [0.2, 0.25) is 0 Å². The molecule has 1 N–H and O–H groups in total. The molecule has 1 aromatic rings. The normalized spacial score (nSPS) is 19.6. The fraction of sp³-hybridized carbons (Fsp3) is 0.333. The van der Waals surface area contributed by atoms with Crippen LogP contribution in [0.5, 0.6) is 11.5 Å². The molecule has 0 fully saturated rings. The SMILES string of the molecule is C=COc1cccc(O)c1[C@@H]1C=C(C)CCC1. The number of allylic oxidation sites excluding steroid dienone is 2. The van der Waals surface area contributed by atoms with E-state index in [1.807, 2.05) is 6.07 Å². The molecule has 0 saturated heterocycles. The molecule has 2 nitrogen and oxygen atoms in total. The Bertz CT molecular complexity index is 446. The fourth-order valence-electron chi connectivity index (χ4n) is 2.44. The van der Waals surface area contributed by atoms with E-state index < -0.39 is 0 Å². The highest BCUT2D eigenvalue weighted by atomic mass is 16.5. The van der Waals surface area contributed by atoms with Crippen molar-refractivity contribution in [2.24, 2.45) is 0 Å². The van der Waals surface area contributed by atoms with Crippen molar-refractivity contribution in [3.8, 4) is 11.5 Å². The topological polar surface area (TPSA) is 29.5 Å². The van der Waals surface area contributed by atoms with Crippen LogP contribution in [0, 0.1) is 0 Å². The molecule has 0 spiro atoms. The largest absolute Gasteiger partial charge is 0.508 e. The maximum Gasteiger partial charge on any atom is 0.133 e. The van der Waals surface area contributed by atoms with Gasteiger partial charge in [-0.3, -0.25) is 0 Å². The summed E-state index contributed by atoms with van der Waals surface area (Å²) in [5.41, 5.74) is 2.26. The van der Waals surface area contributed by atoms with Gasteiger partial charge in [-0.05, 0) is 38.3 Å². The Morgan fingerprint density at radius 1 is 1.47 bits per heavy atom. The van der Waals surface area contributed by atoms with E-state index in [-0.39, 0.29) is 5.92 Å². The zero-order valence-electron chi connectivity index (χ0n) is 10.1. The maximum atomic E-state index is 10.0. The molecule has 0 amide bonds. The van der Waals surface area contributed by atoms with E-state index in [2.05, 4.69) is 19.6 Å².